The average molecular weight is 258 g/mol. The highest BCUT2D eigenvalue weighted by Gasteiger charge is 2.16. The molecule has 0 saturated carbocycles. The van der Waals surface area contributed by atoms with Crippen LogP contribution in [0.15, 0.2) is 18.3 Å². The number of nitrogens with two attached hydrogens (primary N) is 1. The number of aryl methyl sites for hydroxylation is 1. The van der Waals surface area contributed by atoms with Crippen LogP contribution in [0.1, 0.15) is 6.92 Å². The Morgan fingerprint density at radius 1 is 1.35 bits per heavy atom. The third-order valence-corrected chi connectivity index (χ3v) is 2.77. The van der Waals surface area contributed by atoms with Gasteiger partial charge in [0.25, 0.3) is 0 Å². The van der Waals surface area contributed by atoms with Gasteiger partial charge in [0.05, 0.1) is 22.5 Å². The normalized spacial score (nSPS) is 10.8. The second-order valence-corrected chi connectivity index (χ2v) is 3.92. The second kappa shape index (κ2) is 4.33. The van der Waals surface area contributed by atoms with E-state index in [9.17, 15) is 8.78 Å². The molecule has 3 nitrogen and oxygen atoms in total. The van der Waals surface area contributed by atoms with Gasteiger partial charge in [0.1, 0.15) is 5.82 Å². The number of nitrogen functional groups attached to an aromatic ring is 1. The molecule has 17 heavy (non-hydrogen) atoms. The highest BCUT2D eigenvalue weighted by atomic mass is 35.5. The number of anilines is 1. The summed E-state index contributed by atoms with van der Waals surface area (Å²) in [6, 6.07) is 2.23. The van der Waals surface area contributed by atoms with Crippen molar-refractivity contribution in [2.75, 3.05) is 5.73 Å². The zero-order valence-electron chi connectivity index (χ0n) is 9.04. The molecule has 2 rings (SSSR count). The van der Waals surface area contributed by atoms with Gasteiger partial charge in [-0.15, -0.1) is 0 Å². The Morgan fingerprint density at radius 3 is 2.65 bits per heavy atom. The third kappa shape index (κ3) is 1.98. The molecule has 0 aliphatic heterocycles. The van der Waals surface area contributed by atoms with Crippen LogP contribution in [-0.4, -0.2) is 9.78 Å². The van der Waals surface area contributed by atoms with E-state index in [1.54, 1.807) is 6.92 Å². The fourth-order valence-electron chi connectivity index (χ4n) is 1.58. The summed E-state index contributed by atoms with van der Waals surface area (Å²) in [5, 5.41) is 3.89. The van der Waals surface area contributed by atoms with E-state index in [2.05, 4.69) is 5.10 Å². The summed E-state index contributed by atoms with van der Waals surface area (Å²) >= 11 is 5.75. The topological polar surface area (TPSA) is 43.8 Å². The van der Waals surface area contributed by atoms with Gasteiger partial charge < -0.3 is 5.73 Å². The Kier molecular flexibility index (Phi) is 3.02. The monoisotopic (exact) mass is 257 g/mol. The molecular formula is C11H10ClF2N3. The zero-order valence-corrected chi connectivity index (χ0v) is 9.80. The zero-order chi connectivity index (χ0) is 12.6. The third-order valence-electron chi connectivity index (χ3n) is 2.46. The van der Waals surface area contributed by atoms with E-state index >= 15 is 0 Å². The number of benzene rings is 1. The van der Waals surface area contributed by atoms with Crippen LogP contribution in [0, 0.1) is 11.8 Å². The maximum Gasteiger partial charge on any atom is 0.219 e. The molecule has 0 amide bonds. The van der Waals surface area contributed by atoms with E-state index in [-0.39, 0.29) is 21.8 Å². The number of halogens is 3. The summed E-state index contributed by atoms with van der Waals surface area (Å²) in [7, 11) is 0. The van der Waals surface area contributed by atoms with E-state index in [0.29, 0.717) is 6.54 Å². The van der Waals surface area contributed by atoms with E-state index in [0.717, 1.165) is 16.8 Å². The van der Waals surface area contributed by atoms with Crippen molar-refractivity contribution in [3.8, 4) is 11.1 Å². The number of rotatable bonds is 2. The Hall–Kier alpha value is -1.62. The van der Waals surface area contributed by atoms with Crippen molar-refractivity contribution in [1.29, 1.82) is 0 Å². The van der Waals surface area contributed by atoms with Crippen LogP contribution in [-0.2, 0) is 6.54 Å². The van der Waals surface area contributed by atoms with Crippen molar-refractivity contribution in [2.45, 2.75) is 13.5 Å². The number of nitrogens with zero attached hydrogens (tertiary/aromatic N) is 2. The van der Waals surface area contributed by atoms with E-state index in [1.807, 2.05) is 0 Å². The van der Waals surface area contributed by atoms with Crippen molar-refractivity contribution in [3.05, 3.63) is 35.1 Å². The molecule has 1 aromatic heterocycles. The van der Waals surface area contributed by atoms with Gasteiger partial charge >= 0.3 is 0 Å². The first kappa shape index (κ1) is 11.9. The minimum atomic E-state index is -0.567. The Balaban J connectivity index is 2.64. The van der Waals surface area contributed by atoms with E-state index in [4.69, 9.17) is 17.3 Å². The SMILES string of the molecule is CCn1ncc(-c2cc(F)cc(Cl)c2N)c1F. The van der Waals surface area contributed by atoms with Crippen LogP contribution in [0.4, 0.5) is 14.5 Å². The van der Waals surface area contributed by atoms with Crippen LogP contribution in [0.2, 0.25) is 5.02 Å². The van der Waals surface area contributed by atoms with Crippen LogP contribution in [0.25, 0.3) is 11.1 Å². The summed E-state index contributed by atoms with van der Waals surface area (Å²) in [5.41, 5.74) is 6.20. The van der Waals surface area contributed by atoms with Gasteiger partial charge in [0.15, 0.2) is 0 Å². The number of hydrogen-bond acceptors (Lipinski definition) is 2. The first-order valence-corrected chi connectivity index (χ1v) is 5.38. The molecular weight excluding hydrogens is 248 g/mol. The standard InChI is InChI=1S/C11H10ClF2N3/c1-2-17-11(14)8(5-16-17)7-3-6(13)4-9(12)10(7)15/h3-5H,2,15H2,1H3. The van der Waals surface area contributed by atoms with Gasteiger partial charge in [-0.3, -0.25) is 0 Å². The Morgan fingerprint density at radius 2 is 2.06 bits per heavy atom. The predicted molar refractivity (Wildman–Crippen MR) is 62.7 cm³/mol. The maximum atomic E-state index is 13.8. The van der Waals surface area contributed by atoms with Crippen LogP contribution >= 0.6 is 11.6 Å². The largest absolute Gasteiger partial charge is 0.397 e. The molecule has 2 N–H and O–H groups in total. The molecule has 1 aromatic carbocycles. The quantitative estimate of drug-likeness (QED) is 0.840. The molecule has 90 valence electrons. The average Bonchev–Trinajstić information content (AvgIpc) is 2.65. The lowest BCUT2D eigenvalue weighted by molar-refractivity contribution is 0.473. The predicted octanol–water partition coefficient (Wildman–Crippen LogP) is 3.08. The molecule has 0 bridgehead atoms. The van der Waals surface area contributed by atoms with E-state index in [1.165, 1.54) is 6.20 Å². The summed E-state index contributed by atoms with van der Waals surface area (Å²) < 4.78 is 28.2. The lowest BCUT2D eigenvalue weighted by Gasteiger charge is -2.06. The molecule has 0 radical (unpaired) electrons. The van der Waals surface area contributed by atoms with Gasteiger partial charge in [-0.2, -0.15) is 9.49 Å². The molecule has 0 aliphatic carbocycles. The van der Waals surface area contributed by atoms with Crippen molar-refractivity contribution in [1.82, 2.24) is 9.78 Å². The summed E-state index contributed by atoms with van der Waals surface area (Å²) in [5.74, 6) is -1.12. The molecule has 2 aromatic rings. The van der Waals surface area contributed by atoms with Crippen LogP contribution in [0.3, 0.4) is 0 Å². The molecule has 0 fully saturated rings. The van der Waals surface area contributed by atoms with Gasteiger partial charge in [-0.05, 0) is 19.1 Å². The molecule has 0 aliphatic rings. The molecule has 0 spiro atoms. The van der Waals surface area contributed by atoms with Gasteiger partial charge in [0.2, 0.25) is 5.95 Å². The van der Waals surface area contributed by atoms with Crippen molar-refractivity contribution < 1.29 is 8.78 Å². The highest BCUT2D eigenvalue weighted by Crippen LogP contribution is 2.33. The van der Waals surface area contributed by atoms with Gasteiger partial charge in [-0.1, -0.05) is 11.6 Å². The van der Waals surface area contributed by atoms with Crippen molar-refractivity contribution >= 4 is 17.3 Å². The Labute approximate surface area is 102 Å². The molecule has 6 heteroatoms. The van der Waals surface area contributed by atoms with Crippen molar-refractivity contribution in [3.63, 3.8) is 0 Å². The molecule has 0 unspecified atom stereocenters. The summed E-state index contributed by atoms with van der Waals surface area (Å²) in [6.45, 7) is 2.14. The number of hydrogen-bond donors (Lipinski definition) is 1. The summed E-state index contributed by atoms with van der Waals surface area (Å²) in [6.07, 6.45) is 1.31. The van der Waals surface area contributed by atoms with Crippen LogP contribution < -0.4 is 5.73 Å². The lowest BCUT2D eigenvalue weighted by atomic mass is 10.1. The Bertz CT molecular complexity index is 566. The van der Waals surface area contributed by atoms with E-state index < -0.39 is 11.8 Å². The highest BCUT2D eigenvalue weighted by molar-refractivity contribution is 6.33. The fourth-order valence-corrected chi connectivity index (χ4v) is 1.79. The smallest absolute Gasteiger partial charge is 0.219 e. The first-order chi connectivity index (χ1) is 8.04. The maximum absolute atomic E-state index is 13.8. The fraction of sp³-hybridized carbons (Fsp3) is 0.182. The minimum Gasteiger partial charge on any atom is -0.397 e. The number of aromatic nitrogens is 2. The van der Waals surface area contributed by atoms with Gasteiger partial charge in [0, 0.05) is 12.1 Å². The first-order valence-electron chi connectivity index (χ1n) is 5.00. The molecule has 1 heterocycles. The van der Waals surface area contributed by atoms with Gasteiger partial charge in [-0.25, -0.2) is 9.07 Å². The lowest BCUT2D eigenvalue weighted by Crippen LogP contribution is -2.00. The summed E-state index contributed by atoms with van der Waals surface area (Å²) in [4.78, 5) is 0. The second-order valence-electron chi connectivity index (χ2n) is 3.51. The molecule has 0 saturated heterocycles. The van der Waals surface area contributed by atoms with Crippen LogP contribution in [0.5, 0.6) is 0 Å². The minimum absolute atomic E-state index is 0.0589. The van der Waals surface area contributed by atoms with Crippen molar-refractivity contribution in [2.24, 2.45) is 0 Å². The molecule has 0 atom stereocenters.